The Bertz CT molecular complexity index is 918. The fourth-order valence-electron chi connectivity index (χ4n) is 4.11. The molecule has 0 N–H and O–H groups in total. The van der Waals surface area contributed by atoms with Crippen LogP contribution < -0.4 is 4.90 Å². The van der Waals surface area contributed by atoms with Crippen LogP contribution in [0.25, 0.3) is 6.08 Å². The number of hydrogen-bond donors (Lipinski definition) is 0. The summed E-state index contributed by atoms with van der Waals surface area (Å²) in [5.41, 5.74) is 7.59. The Balaban J connectivity index is 1.94. The molecule has 1 aliphatic heterocycles. The zero-order chi connectivity index (χ0) is 19.8. The van der Waals surface area contributed by atoms with E-state index in [1.807, 2.05) is 6.07 Å². The van der Waals surface area contributed by atoms with Crippen molar-refractivity contribution < 1.29 is 4.58 Å². The molecule has 0 unspecified atom stereocenters. The topological polar surface area (TPSA) is 6.25 Å². The minimum atomic E-state index is -0.0689. The number of halogens is 1. The van der Waals surface area contributed by atoms with Gasteiger partial charge in [0.2, 0.25) is 5.69 Å². The van der Waals surface area contributed by atoms with Crippen LogP contribution in [0.5, 0.6) is 0 Å². The van der Waals surface area contributed by atoms with Crippen LogP contribution in [0.15, 0.2) is 42.5 Å². The first-order chi connectivity index (χ1) is 12.8. The van der Waals surface area contributed by atoms with Gasteiger partial charge in [-0.15, -0.1) is 0 Å². The molecule has 1 aliphatic rings. The average Bonchev–Trinajstić information content (AvgIpc) is 2.81. The van der Waals surface area contributed by atoms with E-state index in [-0.39, 0.29) is 5.41 Å². The second-order valence-electron chi connectivity index (χ2n) is 7.78. The van der Waals surface area contributed by atoms with Gasteiger partial charge in [0.05, 0.1) is 5.41 Å². The standard InChI is InChI=1S/C24H30ClN2/c1-7-27(8-2)20-12-9-18(17(3)15-20)10-14-23-24(4,5)21-16-19(25)11-13-22(21)26(23)6/h9-16H,7-8H2,1-6H3/q+1. The average molecular weight is 382 g/mol. The molecule has 142 valence electrons. The fraction of sp³-hybridized carbons (Fsp3) is 0.375. The lowest BCUT2D eigenvalue weighted by Crippen LogP contribution is -2.26. The zero-order valence-electron chi connectivity index (χ0n) is 17.3. The molecule has 0 spiro atoms. The van der Waals surface area contributed by atoms with Crippen molar-refractivity contribution in [3.63, 3.8) is 0 Å². The third-order valence-corrected chi connectivity index (χ3v) is 6.03. The molecule has 0 bridgehead atoms. The van der Waals surface area contributed by atoms with E-state index in [1.54, 1.807) is 0 Å². The van der Waals surface area contributed by atoms with Crippen molar-refractivity contribution in [3.05, 3.63) is 64.2 Å². The first-order valence-corrected chi connectivity index (χ1v) is 10.1. The van der Waals surface area contributed by atoms with Crippen LogP contribution >= 0.6 is 11.6 Å². The van der Waals surface area contributed by atoms with Gasteiger partial charge in [0.25, 0.3) is 0 Å². The normalized spacial score (nSPS) is 15.5. The summed E-state index contributed by atoms with van der Waals surface area (Å²) < 4.78 is 2.28. The molecule has 0 amide bonds. The van der Waals surface area contributed by atoms with Crippen LogP contribution in [0.2, 0.25) is 5.02 Å². The van der Waals surface area contributed by atoms with Crippen LogP contribution in [-0.4, -0.2) is 30.4 Å². The molecule has 0 aromatic heterocycles. The number of rotatable bonds is 5. The first kappa shape index (κ1) is 19.7. The van der Waals surface area contributed by atoms with Crippen LogP contribution in [0.3, 0.4) is 0 Å². The van der Waals surface area contributed by atoms with Gasteiger partial charge in [-0.25, -0.2) is 0 Å². The molecule has 3 heteroatoms. The Morgan fingerprint density at radius 2 is 1.74 bits per heavy atom. The van der Waals surface area contributed by atoms with Crippen LogP contribution in [-0.2, 0) is 5.41 Å². The Morgan fingerprint density at radius 3 is 2.37 bits per heavy atom. The van der Waals surface area contributed by atoms with Crippen molar-refractivity contribution in [2.24, 2.45) is 0 Å². The molecule has 2 aromatic carbocycles. The summed E-state index contributed by atoms with van der Waals surface area (Å²) in [4.78, 5) is 2.38. The van der Waals surface area contributed by atoms with Gasteiger partial charge in [-0.05, 0) is 76.1 Å². The summed E-state index contributed by atoms with van der Waals surface area (Å²) in [6.45, 7) is 13.2. The number of nitrogens with zero attached hydrogens (tertiary/aromatic N) is 2. The number of aryl methyl sites for hydroxylation is 1. The number of anilines is 1. The summed E-state index contributed by atoms with van der Waals surface area (Å²) in [5, 5.41) is 0.795. The summed E-state index contributed by atoms with van der Waals surface area (Å²) in [7, 11) is 2.14. The van der Waals surface area contributed by atoms with Crippen molar-refractivity contribution in [1.29, 1.82) is 0 Å². The van der Waals surface area contributed by atoms with Crippen molar-refractivity contribution in [2.45, 2.75) is 40.0 Å². The molecule has 2 aromatic rings. The van der Waals surface area contributed by atoms with Gasteiger partial charge in [-0.2, -0.15) is 4.58 Å². The first-order valence-electron chi connectivity index (χ1n) is 9.74. The highest BCUT2D eigenvalue weighted by Gasteiger charge is 2.42. The third kappa shape index (κ3) is 3.55. The Labute approximate surface area is 168 Å². The maximum absolute atomic E-state index is 6.25. The SMILES string of the molecule is CCN(CC)c1ccc(/C=C/C2=[N+](C)c3ccc(Cl)cc3C2(C)C)c(C)c1. The molecule has 1 heterocycles. The molecule has 2 nitrogen and oxygen atoms in total. The van der Waals surface area contributed by atoms with Crippen LogP contribution in [0.1, 0.15) is 44.4 Å². The summed E-state index contributed by atoms with van der Waals surface area (Å²) in [6.07, 6.45) is 4.50. The minimum absolute atomic E-state index is 0.0689. The predicted octanol–water partition coefficient (Wildman–Crippen LogP) is 6.21. The smallest absolute Gasteiger partial charge is 0.209 e. The van der Waals surface area contributed by atoms with Gasteiger partial charge < -0.3 is 4.90 Å². The van der Waals surface area contributed by atoms with Gasteiger partial charge in [0.15, 0.2) is 5.71 Å². The molecule has 0 saturated carbocycles. The van der Waals surface area contributed by atoms with E-state index in [9.17, 15) is 0 Å². The number of fused-ring (bicyclic) bond motifs is 1. The minimum Gasteiger partial charge on any atom is -0.372 e. The van der Waals surface area contributed by atoms with Gasteiger partial charge in [0.1, 0.15) is 7.05 Å². The molecular formula is C24H30ClN2+. The number of hydrogen-bond acceptors (Lipinski definition) is 1. The van der Waals surface area contributed by atoms with Gasteiger partial charge >= 0.3 is 0 Å². The van der Waals surface area contributed by atoms with Crippen LogP contribution in [0.4, 0.5) is 11.4 Å². The lowest BCUT2D eigenvalue weighted by Gasteiger charge is -2.22. The monoisotopic (exact) mass is 381 g/mol. The maximum atomic E-state index is 6.25. The van der Waals surface area contributed by atoms with E-state index in [0.29, 0.717) is 0 Å². The highest BCUT2D eigenvalue weighted by molar-refractivity contribution is 6.30. The Kier molecular flexibility index (Phi) is 5.48. The molecular weight excluding hydrogens is 352 g/mol. The molecule has 3 rings (SSSR count). The van der Waals surface area contributed by atoms with E-state index in [0.717, 1.165) is 18.1 Å². The second-order valence-corrected chi connectivity index (χ2v) is 8.21. The zero-order valence-corrected chi connectivity index (χ0v) is 18.1. The maximum Gasteiger partial charge on any atom is 0.209 e. The van der Waals surface area contributed by atoms with E-state index in [4.69, 9.17) is 11.6 Å². The summed E-state index contributed by atoms with van der Waals surface area (Å²) in [5.74, 6) is 0. The molecule has 0 fully saturated rings. The molecule has 27 heavy (non-hydrogen) atoms. The quantitative estimate of drug-likeness (QED) is 0.557. The largest absolute Gasteiger partial charge is 0.372 e. The highest BCUT2D eigenvalue weighted by Crippen LogP contribution is 2.40. The molecule has 0 aliphatic carbocycles. The lowest BCUT2D eigenvalue weighted by molar-refractivity contribution is -0.401. The lowest BCUT2D eigenvalue weighted by atomic mass is 9.81. The summed E-state index contributed by atoms with van der Waals surface area (Å²) >= 11 is 6.25. The van der Waals surface area contributed by atoms with Crippen LogP contribution in [0, 0.1) is 6.92 Å². The third-order valence-electron chi connectivity index (χ3n) is 5.80. The second kappa shape index (κ2) is 7.52. The van der Waals surface area contributed by atoms with Crippen molar-refractivity contribution in [3.8, 4) is 0 Å². The van der Waals surface area contributed by atoms with Gasteiger partial charge in [-0.3, -0.25) is 0 Å². The van der Waals surface area contributed by atoms with E-state index >= 15 is 0 Å². The van der Waals surface area contributed by atoms with Gasteiger partial charge in [0, 0.05) is 41.5 Å². The van der Waals surface area contributed by atoms with Crippen molar-refractivity contribution >= 4 is 34.8 Å². The number of benzene rings is 2. The summed E-state index contributed by atoms with van der Waals surface area (Å²) in [6, 6.07) is 12.9. The molecule has 0 atom stereocenters. The van der Waals surface area contributed by atoms with Gasteiger partial charge in [-0.1, -0.05) is 17.7 Å². The van der Waals surface area contributed by atoms with E-state index < -0.39 is 0 Å². The molecule has 0 saturated heterocycles. The fourth-order valence-corrected chi connectivity index (χ4v) is 4.28. The molecule has 0 radical (unpaired) electrons. The highest BCUT2D eigenvalue weighted by atomic mass is 35.5. The number of allylic oxidation sites excluding steroid dienone is 1. The Hall–Kier alpha value is -2.06. The Morgan fingerprint density at radius 1 is 1.04 bits per heavy atom. The van der Waals surface area contributed by atoms with Crippen molar-refractivity contribution in [1.82, 2.24) is 0 Å². The van der Waals surface area contributed by atoms with E-state index in [1.165, 1.54) is 33.8 Å². The predicted molar refractivity (Wildman–Crippen MR) is 119 cm³/mol. The van der Waals surface area contributed by atoms with Crippen molar-refractivity contribution in [2.75, 3.05) is 25.0 Å². The van der Waals surface area contributed by atoms with E-state index in [2.05, 4.69) is 93.6 Å².